The molecule has 0 spiro atoms. The molecule has 2 heteroatoms. The molecular weight excluding hydrogens is 204 g/mol. The summed E-state index contributed by atoms with van der Waals surface area (Å²) in [6.45, 7) is 5.02. The van der Waals surface area contributed by atoms with Crippen LogP contribution in [0.3, 0.4) is 0 Å². The molecule has 0 bridgehead atoms. The maximum absolute atomic E-state index is 5.69. The lowest BCUT2D eigenvalue weighted by molar-refractivity contribution is 0.222. The van der Waals surface area contributed by atoms with Crippen LogP contribution in [-0.4, -0.2) is 6.61 Å². The van der Waals surface area contributed by atoms with Gasteiger partial charge in [0.05, 0.1) is 6.61 Å². The third kappa shape index (κ3) is 2.15. The second-order valence-electron chi connectivity index (χ2n) is 3.65. The third-order valence-electron chi connectivity index (χ3n) is 2.58. The van der Waals surface area contributed by atoms with E-state index in [1.165, 1.54) is 16.0 Å². The molecule has 2 rings (SSSR count). The molecule has 1 aliphatic heterocycles. The Morgan fingerprint density at radius 2 is 2.40 bits per heavy atom. The van der Waals surface area contributed by atoms with E-state index in [4.69, 9.17) is 4.74 Å². The SMILES string of the molecule is CC/C=C\C1=C(C)OCCc2ccsc21. The fourth-order valence-electron chi connectivity index (χ4n) is 1.75. The van der Waals surface area contributed by atoms with E-state index in [-0.39, 0.29) is 0 Å². The number of rotatable bonds is 2. The maximum atomic E-state index is 5.69. The van der Waals surface area contributed by atoms with Crippen LogP contribution in [0.5, 0.6) is 0 Å². The first-order chi connectivity index (χ1) is 7.33. The molecule has 0 aliphatic carbocycles. The van der Waals surface area contributed by atoms with Crippen molar-refractivity contribution < 1.29 is 4.74 Å². The van der Waals surface area contributed by atoms with Crippen molar-refractivity contribution in [2.24, 2.45) is 0 Å². The topological polar surface area (TPSA) is 9.23 Å². The molecule has 0 amide bonds. The summed E-state index contributed by atoms with van der Waals surface area (Å²) in [4.78, 5) is 1.38. The van der Waals surface area contributed by atoms with Crippen LogP contribution in [0.25, 0.3) is 5.57 Å². The number of hydrogen-bond donors (Lipinski definition) is 0. The van der Waals surface area contributed by atoms with Crippen LogP contribution in [-0.2, 0) is 11.2 Å². The van der Waals surface area contributed by atoms with Gasteiger partial charge in [-0.25, -0.2) is 0 Å². The van der Waals surface area contributed by atoms with E-state index in [0.29, 0.717) is 0 Å². The molecule has 1 aromatic rings. The maximum Gasteiger partial charge on any atom is 0.101 e. The van der Waals surface area contributed by atoms with Crippen molar-refractivity contribution in [3.05, 3.63) is 39.8 Å². The van der Waals surface area contributed by atoms with Gasteiger partial charge < -0.3 is 4.74 Å². The molecule has 1 aliphatic rings. The van der Waals surface area contributed by atoms with Crippen LogP contribution < -0.4 is 0 Å². The van der Waals surface area contributed by atoms with Gasteiger partial charge in [0, 0.05) is 16.9 Å². The highest BCUT2D eigenvalue weighted by Gasteiger charge is 2.14. The summed E-state index contributed by atoms with van der Waals surface area (Å²) in [6.07, 6.45) is 6.48. The van der Waals surface area contributed by atoms with Crippen molar-refractivity contribution in [2.75, 3.05) is 6.61 Å². The van der Waals surface area contributed by atoms with Crippen molar-refractivity contribution in [3.8, 4) is 0 Å². The van der Waals surface area contributed by atoms with Gasteiger partial charge in [-0.15, -0.1) is 11.3 Å². The highest BCUT2D eigenvalue weighted by atomic mass is 32.1. The molecule has 0 saturated carbocycles. The van der Waals surface area contributed by atoms with Gasteiger partial charge in [-0.2, -0.15) is 0 Å². The van der Waals surface area contributed by atoms with Gasteiger partial charge in [-0.05, 0) is 30.4 Å². The monoisotopic (exact) mass is 220 g/mol. The van der Waals surface area contributed by atoms with Crippen molar-refractivity contribution in [1.29, 1.82) is 0 Å². The Labute approximate surface area is 95.1 Å². The summed E-state index contributed by atoms with van der Waals surface area (Å²) in [7, 11) is 0. The lowest BCUT2D eigenvalue weighted by atomic mass is 10.1. The Morgan fingerprint density at radius 3 is 3.20 bits per heavy atom. The number of hydrogen-bond acceptors (Lipinski definition) is 2. The summed E-state index contributed by atoms with van der Waals surface area (Å²) in [5.41, 5.74) is 2.69. The smallest absolute Gasteiger partial charge is 0.101 e. The fraction of sp³-hybridized carbons (Fsp3) is 0.385. The van der Waals surface area contributed by atoms with Crippen LogP contribution in [0.2, 0.25) is 0 Å². The van der Waals surface area contributed by atoms with E-state index in [1.54, 1.807) is 0 Å². The van der Waals surface area contributed by atoms with Gasteiger partial charge in [0.15, 0.2) is 0 Å². The van der Waals surface area contributed by atoms with Crippen LogP contribution >= 0.6 is 11.3 Å². The molecule has 0 N–H and O–H groups in total. The summed E-state index contributed by atoms with van der Waals surface area (Å²) >= 11 is 1.81. The van der Waals surface area contributed by atoms with Crippen molar-refractivity contribution in [1.82, 2.24) is 0 Å². The summed E-state index contributed by atoms with van der Waals surface area (Å²) in [5, 5.41) is 2.17. The number of fused-ring (bicyclic) bond motifs is 1. The standard InChI is InChI=1S/C13H16OS/c1-3-4-5-12-10(2)14-8-6-11-7-9-15-13(11)12/h4-5,7,9H,3,6,8H2,1-2H3/b5-4-. The normalized spacial score (nSPS) is 16.4. The molecule has 0 aromatic carbocycles. The van der Waals surface area contributed by atoms with E-state index in [9.17, 15) is 0 Å². The van der Waals surface area contributed by atoms with E-state index in [1.807, 2.05) is 11.3 Å². The molecule has 2 heterocycles. The highest BCUT2D eigenvalue weighted by molar-refractivity contribution is 7.11. The Hall–Kier alpha value is -1.02. The lowest BCUT2D eigenvalue weighted by Gasteiger charge is -2.05. The van der Waals surface area contributed by atoms with E-state index in [0.717, 1.165) is 25.2 Å². The second kappa shape index (κ2) is 4.67. The van der Waals surface area contributed by atoms with Gasteiger partial charge in [-0.3, -0.25) is 0 Å². The zero-order chi connectivity index (χ0) is 10.7. The van der Waals surface area contributed by atoms with Crippen LogP contribution in [0.15, 0.2) is 29.4 Å². The van der Waals surface area contributed by atoms with Crippen LogP contribution in [0.1, 0.15) is 30.7 Å². The first-order valence-corrected chi connectivity index (χ1v) is 6.28. The Morgan fingerprint density at radius 1 is 1.53 bits per heavy atom. The minimum absolute atomic E-state index is 0.805. The molecule has 1 nitrogen and oxygen atoms in total. The third-order valence-corrected chi connectivity index (χ3v) is 3.57. The average Bonchev–Trinajstić information content (AvgIpc) is 2.62. The lowest BCUT2D eigenvalue weighted by Crippen LogP contribution is -1.92. The van der Waals surface area contributed by atoms with Gasteiger partial charge in [0.25, 0.3) is 0 Å². The van der Waals surface area contributed by atoms with E-state index >= 15 is 0 Å². The molecule has 80 valence electrons. The summed E-state index contributed by atoms with van der Waals surface area (Å²) in [5.74, 6) is 1.06. The first kappa shape index (κ1) is 10.5. The quantitative estimate of drug-likeness (QED) is 0.731. The highest BCUT2D eigenvalue weighted by Crippen LogP contribution is 2.32. The van der Waals surface area contributed by atoms with Crippen molar-refractivity contribution >= 4 is 16.9 Å². The Bertz CT molecular complexity index is 398. The van der Waals surface area contributed by atoms with Gasteiger partial charge in [0.2, 0.25) is 0 Å². The summed E-state index contributed by atoms with van der Waals surface area (Å²) in [6, 6.07) is 2.21. The van der Waals surface area contributed by atoms with Gasteiger partial charge in [0.1, 0.15) is 5.76 Å². The molecule has 15 heavy (non-hydrogen) atoms. The predicted octanol–water partition coefficient (Wildman–Crippen LogP) is 4.02. The molecule has 0 unspecified atom stereocenters. The zero-order valence-corrected chi connectivity index (χ0v) is 10.1. The average molecular weight is 220 g/mol. The first-order valence-electron chi connectivity index (χ1n) is 5.40. The predicted molar refractivity (Wildman–Crippen MR) is 66.0 cm³/mol. The van der Waals surface area contributed by atoms with E-state index < -0.39 is 0 Å². The second-order valence-corrected chi connectivity index (χ2v) is 4.57. The van der Waals surface area contributed by atoms with E-state index in [2.05, 4.69) is 37.4 Å². The minimum Gasteiger partial charge on any atom is -0.497 e. The minimum atomic E-state index is 0.805. The van der Waals surface area contributed by atoms with Crippen molar-refractivity contribution in [3.63, 3.8) is 0 Å². The fourth-order valence-corrected chi connectivity index (χ4v) is 2.78. The summed E-state index contributed by atoms with van der Waals surface area (Å²) < 4.78 is 5.69. The number of allylic oxidation sites excluding steroid dienone is 4. The molecular formula is C13H16OS. The molecule has 0 radical (unpaired) electrons. The Balaban J connectivity index is 2.43. The Kier molecular flexibility index (Phi) is 3.27. The molecule has 0 fully saturated rings. The van der Waals surface area contributed by atoms with Crippen LogP contribution in [0.4, 0.5) is 0 Å². The van der Waals surface area contributed by atoms with Gasteiger partial charge in [-0.1, -0.05) is 19.1 Å². The molecule has 0 atom stereocenters. The largest absolute Gasteiger partial charge is 0.497 e. The number of ether oxygens (including phenoxy) is 1. The zero-order valence-electron chi connectivity index (χ0n) is 9.25. The number of thiophene rings is 1. The van der Waals surface area contributed by atoms with Gasteiger partial charge >= 0.3 is 0 Å². The molecule has 1 aromatic heterocycles. The van der Waals surface area contributed by atoms with Crippen LogP contribution in [0, 0.1) is 0 Å². The van der Waals surface area contributed by atoms with Crippen molar-refractivity contribution in [2.45, 2.75) is 26.7 Å². The molecule has 0 saturated heterocycles.